The van der Waals surface area contributed by atoms with E-state index in [1.54, 1.807) is 24.0 Å². The van der Waals surface area contributed by atoms with Crippen molar-refractivity contribution in [1.82, 2.24) is 19.9 Å². The summed E-state index contributed by atoms with van der Waals surface area (Å²) in [4.78, 5) is 14.7. The molecular formula is C21H23N5O2. The van der Waals surface area contributed by atoms with Gasteiger partial charge in [0.15, 0.2) is 5.82 Å². The lowest BCUT2D eigenvalue weighted by molar-refractivity contribution is 0.102. The van der Waals surface area contributed by atoms with Crippen LogP contribution in [-0.2, 0) is 20.0 Å². The third-order valence-electron chi connectivity index (χ3n) is 4.72. The summed E-state index contributed by atoms with van der Waals surface area (Å²) in [6.45, 7) is 1.56. The van der Waals surface area contributed by atoms with E-state index in [2.05, 4.69) is 33.6 Å². The highest BCUT2D eigenvalue weighted by Crippen LogP contribution is 2.28. The van der Waals surface area contributed by atoms with Gasteiger partial charge >= 0.3 is 0 Å². The molecule has 1 N–H and O–H groups in total. The molecule has 0 radical (unpaired) electrons. The number of carbonyl (C=O) groups excluding carboxylic acids is 1. The van der Waals surface area contributed by atoms with Gasteiger partial charge in [-0.3, -0.25) is 14.4 Å². The molecule has 0 fully saturated rings. The molecule has 0 saturated carbocycles. The Labute approximate surface area is 163 Å². The SMILES string of the molecule is CN(Cc1cccc(C(=O)Nc2cn(C)nn2)c1)CC1Cc2ccccc2O1. The van der Waals surface area contributed by atoms with E-state index in [-0.39, 0.29) is 12.0 Å². The van der Waals surface area contributed by atoms with Crippen LogP contribution in [0.5, 0.6) is 5.75 Å². The Balaban J connectivity index is 1.35. The highest BCUT2D eigenvalue weighted by molar-refractivity contribution is 6.03. The second-order valence-electron chi connectivity index (χ2n) is 7.18. The van der Waals surface area contributed by atoms with Gasteiger partial charge in [0.05, 0.1) is 6.20 Å². The van der Waals surface area contributed by atoms with Gasteiger partial charge in [-0.1, -0.05) is 35.5 Å². The van der Waals surface area contributed by atoms with Crippen molar-refractivity contribution in [1.29, 1.82) is 0 Å². The summed E-state index contributed by atoms with van der Waals surface area (Å²) in [5.41, 5.74) is 2.94. The molecule has 1 unspecified atom stereocenters. The molecule has 1 amide bonds. The molecule has 0 bridgehead atoms. The number of carbonyl (C=O) groups is 1. The third kappa shape index (κ3) is 4.20. The van der Waals surface area contributed by atoms with E-state index in [1.807, 2.05) is 36.4 Å². The van der Waals surface area contributed by atoms with Gasteiger partial charge in [0.1, 0.15) is 11.9 Å². The average molecular weight is 377 g/mol. The van der Waals surface area contributed by atoms with Crippen LogP contribution in [0.25, 0.3) is 0 Å². The van der Waals surface area contributed by atoms with Gasteiger partial charge in [-0.15, -0.1) is 5.10 Å². The number of para-hydroxylation sites is 1. The molecular weight excluding hydrogens is 354 g/mol. The first-order valence-corrected chi connectivity index (χ1v) is 9.26. The number of benzene rings is 2. The van der Waals surface area contributed by atoms with Crippen molar-refractivity contribution in [3.05, 3.63) is 71.4 Å². The molecule has 2 aromatic carbocycles. The number of aromatic nitrogens is 3. The van der Waals surface area contributed by atoms with Crippen molar-refractivity contribution in [3.8, 4) is 5.75 Å². The number of amides is 1. The molecule has 1 aliphatic heterocycles. The van der Waals surface area contributed by atoms with E-state index < -0.39 is 0 Å². The van der Waals surface area contributed by atoms with Crippen LogP contribution in [0, 0.1) is 0 Å². The van der Waals surface area contributed by atoms with Crippen LogP contribution in [-0.4, -0.2) is 45.5 Å². The van der Waals surface area contributed by atoms with Crippen molar-refractivity contribution in [2.45, 2.75) is 19.1 Å². The first-order chi connectivity index (χ1) is 13.6. The number of hydrogen-bond acceptors (Lipinski definition) is 5. The van der Waals surface area contributed by atoms with Gasteiger partial charge < -0.3 is 10.1 Å². The van der Waals surface area contributed by atoms with Gasteiger partial charge in [-0.25, -0.2) is 0 Å². The lowest BCUT2D eigenvalue weighted by Crippen LogP contribution is -2.31. The van der Waals surface area contributed by atoms with Gasteiger partial charge in [0, 0.05) is 32.1 Å². The molecule has 1 aliphatic rings. The van der Waals surface area contributed by atoms with Crippen molar-refractivity contribution in [3.63, 3.8) is 0 Å². The van der Waals surface area contributed by atoms with Crippen LogP contribution in [0.1, 0.15) is 21.5 Å². The molecule has 0 aliphatic carbocycles. The van der Waals surface area contributed by atoms with Crippen LogP contribution in [0.3, 0.4) is 0 Å². The fraction of sp³-hybridized carbons (Fsp3) is 0.286. The molecule has 1 aromatic heterocycles. The Morgan fingerprint density at radius 3 is 2.93 bits per heavy atom. The normalized spacial score (nSPS) is 15.3. The quantitative estimate of drug-likeness (QED) is 0.715. The van der Waals surface area contributed by atoms with Crippen LogP contribution >= 0.6 is 0 Å². The Morgan fingerprint density at radius 2 is 2.14 bits per heavy atom. The number of fused-ring (bicyclic) bond motifs is 1. The minimum atomic E-state index is -0.195. The van der Waals surface area contributed by atoms with Crippen molar-refractivity contribution < 1.29 is 9.53 Å². The van der Waals surface area contributed by atoms with Crippen LogP contribution in [0.2, 0.25) is 0 Å². The molecule has 28 heavy (non-hydrogen) atoms. The summed E-state index contributed by atoms with van der Waals surface area (Å²) in [5, 5.41) is 10.5. The van der Waals surface area contributed by atoms with E-state index in [9.17, 15) is 4.79 Å². The number of anilines is 1. The number of hydrogen-bond donors (Lipinski definition) is 1. The number of likely N-dealkylation sites (N-methyl/N-ethyl adjacent to an activating group) is 1. The van der Waals surface area contributed by atoms with Crippen molar-refractivity contribution in [2.24, 2.45) is 7.05 Å². The zero-order valence-electron chi connectivity index (χ0n) is 16.0. The first kappa shape index (κ1) is 18.2. The molecule has 7 heteroatoms. The largest absolute Gasteiger partial charge is 0.488 e. The molecule has 1 atom stereocenters. The summed E-state index contributed by atoms with van der Waals surface area (Å²) in [6.07, 6.45) is 2.75. The van der Waals surface area contributed by atoms with Crippen LogP contribution in [0.15, 0.2) is 54.7 Å². The minimum absolute atomic E-state index is 0.158. The second kappa shape index (κ2) is 7.82. The number of ether oxygens (including phenoxy) is 1. The van der Waals surface area contributed by atoms with Gasteiger partial charge in [-0.05, 0) is 36.4 Å². The fourth-order valence-corrected chi connectivity index (χ4v) is 3.48. The second-order valence-corrected chi connectivity index (χ2v) is 7.18. The van der Waals surface area contributed by atoms with E-state index in [0.29, 0.717) is 11.4 Å². The minimum Gasteiger partial charge on any atom is -0.488 e. The monoisotopic (exact) mass is 377 g/mol. The van der Waals surface area contributed by atoms with E-state index in [1.165, 1.54) is 5.56 Å². The van der Waals surface area contributed by atoms with E-state index in [4.69, 9.17) is 4.74 Å². The summed E-state index contributed by atoms with van der Waals surface area (Å²) in [7, 11) is 3.82. The fourth-order valence-electron chi connectivity index (χ4n) is 3.48. The molecule has 3 aromatic rings. The van der Waals surface area contributed by atoms with Gasteiger partial charge in [0.25, 0.3) is 5.91 Å². The summed E-state index contributed by atoms with van der Waals surface area (Å²) >= 11 is 0. The Bertz CT molecular complexity index is 959. The van der Waals surface area contributed by atoms with Crippen LogP contribution in [0.4, 0.5) is 5.82 Å². The maximum absolute atomic E-state index is 12.4. The van der Waals surface area contributed by atoms with Crippen LogP contribution < -0.4 is 10.1 Å². The topological polar surface area (TPSA) is 72.3 Å². The smallest absolute Gasteiger partial charge is 0.256 e. The Morgan fingerprint density at radius 1 is 1.29 bits per heavy atom. The Kier molecular flexibility index (Phi) is 5.08. The van der Waals surface area contributed by atoms with Crippen molar-refractivity contribution >= 4 is 11.7 Å². The maximum Gasteiger partial charge on any atom is 0.256 e. The van der Waals surface area contributed by atoms with E-state index >= 15 is 0 Å². The summed E-state index contributed by atoms with van der Waals surface area (Å²) in [5.74, 6) is 1.23. The number of nitrogens with one attached hydrogen (secondary N) is 1. The molecule has 0 spiro atoms. The first-order valence-electron chi connectivity index (χ1n) is 9.26. The maximum atomic E-state index is 12.4. The van der Waals surface area contributed by atoms with Gasteiger partial charge in [-0.2, -0.15) is 0 Å². The lowest BCUT2D eigenvalue weighted by Gasteiger charge is -2.21. The summed E-state index contributed by atoms with van der Waals surface area (Å²) < 4.78 is 7.57. The molecule has 0 saturated heterocycles. The lowest BCUT2D eigenvalue weighted by atomic mass is 10.1. The average Bonchev–Trinajstić information content (AvgIpc) is 3.26. The standard InChI is InChI=1S/C21H23N5O2/c1-25(13-18-11-16-7-3-4-9-19(16)28-18)12-15-6-5-8-17(10-15)21(27)22-20-14-26(2)24-23-20/h3-10,14,18H,11-13H2,1-2H3,(H,22,27). The predicted octanol–water partition coefficient (Wildman–Crippen LogP) is 2.50. The highest BCUT2D eigenvalue weighted by Gasteiger charge is 2.23. The zero-order valence-corrected chi connectivity index (χ0v) is 16.0. The number of aryl methyl sites for hydroxylation is 1. The molecule has 4 rings (SSSR count). The number of rotatable bonds is 6. The summed E-state index contributed by atoms with van der Waals surface area (Å²) in [6, 6.07) is 15.8. The zero-order chi connectivity index (χ0) is 19.5. The van der Waals surface area contributed by atoms with Crippen molar-refractivity contribution in [2.75, 3.05) is 18.9 Å². The predicted molar refractivity (Wildman–Crippen MR) is 106 cm³/mol. The van der Waals surface area contributed by atoms with E-state index in [0.717, 1.165) is 30.8 Å². The number of nitrogens with zero attached hydrogens (tertiary/aromatic N) is 4. The highest BCUT2D eigenvalue weighted by atomic mass is 16.5. The third-order valence-corrected chi connectivity index (χ3v) is 4.72. The molecule has 7 nitrogen and oxygen atoms in total. The Hall–Kier alpha value is -3.19. The molecule has 2 heterocycles. The van der Waals surface area contributed by atoms with Gasteiger partial charge in [0.2, 0.25) is 0 Å². The molecule has 144 valence electrons.